The van der Waals surface area contributed by atoms with Gasteiger partial charge in [0.25, 0.3) is 0 Å². The fourth-order valence-electron chi connectivity index (χ4n) is 1.09. The normalized spacial score (nSPS) is 12.5. The third-order valence-electron chi connectivity index (χ3n) is 1.77. The first-order valence-electron chi connectivity index (χ1n) is 3.86. The van der Waals surface area contributed by atoms with Crippen molar-refractivity contribution < 1.29 is 14.4 Å². The van der Waals surface area contributed by atoms with Crippen LogP contribution in [0.25, 0.3) is 0 Å². The summed E-state index contributed by atoms with van der Waals surface area (Å²) >= 11 is 0. The van der Waals surface area contributed by atoms with Crippen LogP contribution in [0.2, 0.25) is 0 Å². The standard InChI is InChI=1S/C8H9FN2O3/c1-4(10)6-2-5(9)3-7(8(6)12)11(13)14/h2-4,12H,10H2,1H3/t4-/m0/s1. The molecule has 0 fully saturated rings. The molecule has 5 nitrogen and oxygen atoms in total. The van der Waals surface area contributed by atoms with E-state index in [0.29, 0.717) is 6.07 Å². The van der Waals surface area contributed by atoms with E-state index in [1.807, 2.05) is 0 Å². The molecule has 0 radical (unpaired) electrons. The monoisotopic (exact) mass is 200 g/mol. The zero-order chi connectivity index (χ0) is 10.9. The van der Waals surface area contributed by atoms with Crippen LogP contribution in [0.5, 0.6) is 5.75 Å². The van der Waals surface area contributed by atoms with Crippen molar-refractivity contribution in [3.8, 4) is 5.75 Å². The second-order valence-corrected chi connectivity index (χ2v) is 2.91. The Morgan fingerprint density at radius 3 is 2.64 bits per heavy atom. The van der Waals surface area contributed by atoms with Crippen LogP contribution in [0.15, 0.2) is 12.1 Å². The zero-order valence-corrected chi connectivity index (χ0v) is 7.40. The highest BCUT2D eigenvalue weighted by Gasteiger charge is 2.20. The van der Waals surface area contributed by atoms with E-state index in [0.717, 1.165) is 6.07 Å². The maximum Gasteiger partial charge on any atom is 0.313 e. The number of phenolic OH excluding ortho intramolecular Hbond substituents is 1. The largest absolute Gasteiger partial charge is 0.502 e. The van der Waals surface area contributed by atoms with Crippen LogP contribution < -0.4 is 5.73 Å². The Hall–Kier alpha value is -1.69. The topological polar surface area (TPSA) is 89.4 Å². The first-order chi connectivity index (χ1) is 6.43. The van der Waals surface area contributed by atoms with Gasteiger partial charge in [-0.25, -0.2) is 4.39 Å². The number of nitro benzene ring substituents is 1. The fraction of sp³-hybridized carbons (Fsp3) is 0.250. The van der Waals surface area contributed by atoms with Gasteiger partial charge in [0.2, 0.25) is 0 Å². The number of hydrogen-bond donors (Lipinski definition) is 2. The maximum absolute atomic E-state index is 12.9. The van der Waals surface area contributed by atoms with Crippen LogP contribution in [0.4, 0.5) is 10.1 Å². The van der Waals surface area contributed by atoms with Crippen LogP contribution in [-0.2, 0) is 0 Å². The lowest BCUT2D eigenvalue weighted by Gasteiger charge is -2.08. The summed E-state index contributed by atoms with van der Waals surface area (Å²) in [6.45, 7) is 1.50. The number of benzene rings is 1. The molecule has 0 unspecified atom stereocenters. The zero-order valence-electron chi connectivity index (χ0n) is 7.40. The lowest BCUT2D eigenvalue weighted by atomic mass is 10.1. The smallest absolute Gasteiger partial charge is 0.313 e. The molecule has 0 saturated heterocycles. The number of phenols is 1. The molecule has 1 atom stereocenters. The molecule has 3 N–H and O–H groups in total. The van der Waals surface area contributed by atoms with Crippen LogP contribution in [0.1, 0.15) is 18.5 Å². The van der Waals surface area contributed by atoms with Crippen LogP contribution in [-0.4, -0.2) is 10.0 Å². The molecular weight excluding hydrogens is 191 g/mol. The third kappa shape index (κ3) is 1.80. The van der Waals surface area contributed by atoms with Gasteiger partial charge in [0.1, 0.15) is 5.82 Å². The molecule has 6 heteroatoms. The Kier molecular flexibility index (Phi) is 2.66. The van der Waals surface area contributed by atoms with Crippen molar-refractivity contribution in [1.29, 1.82) is 0 Å². The molecular formula is C8H9FN2O3. The van der Waals surface area contributed by atoms with Crippen LogP contribution in [0.3, 0.4) is 0 Å². The second-order valence-electron chi connectivity index (χ2n) is 2.91. The molecule has 0 amide bonds. The Balaban J connectivity index is 3.40. The molecule has 0 spiro atoms. The highest BCUT2D eigenvalue weighted by atomic mass is 19.1. The predicted molar refractivity (Wildman–Crippen MR) is 47.3 cm³/mol. The summed E-state index contributed by atoms with van der Waals surface area (Å²) in [5.74, 6) is -1.37. The SMILES string of the molecule is C[C@H](N)c1cc(F)cc([N+](=O)[O-])c1O. The van der Waals surface area contributed by atoms with Gasteiger partial charge in [-0.1, -0.05) is 0 Å². The highest BCUT2D eigenvalue weighted by molar-refractivity contribution is 5.52. The van der Waals surface area contributed by atoms with Crippen molar-refractivity contribution in [3.05, 3.63) is 33.6 Å². The van der Waals surface area contributed by atoms with E-state index in [1.54, 1.807) is 0 Å². The van der Waals surface area contributed by atoms with Crippen molar-refractivity contribution in [2.75, 3.05) is 0 Å². The van der Waals surface area contributed by atoms with Crippen molar-refractivity contribution in [2.24, 2.45) is 5.73 Å². The lowest BCUT2D eigenvalue weighted by Crippen LogP contribution is -2.06. The van der Waals surface area contributed by atoms with Gasteiger partial charge in [-0.05, 0) is 13.0 Å². The number of nitro groups is 1. The highest BCUT2D eigenvalue weighted by Crippen LogP contribution is 2.33. The van der Waals surface area contributed by atoms with E-state index in [1.165, 1.54) is 6.92 Å². The average Bonchev–Trinajstić information content (AvgIpc) is 2.07. The Morgan fingerprint density at radius 1 is 1.64 bits per heavy atom. The molecule has 0 bridgehead atoms. The molecule has 1 aromatic rings. The fourth-order valence-corrected chi connectivity index (χ4v) is 1.09. The molecule has 0 aromatic heterocycles. The van der Waals surface area contributed by atoms with E-state index in [4.69, 9.17) is 5.73 Å². The minimum atomic E-state index is -0.857. The first kappa shape index (κ1) is 10.4. The van der Waals surface area contributed by atoms with Gasteiger partial charge in [-0.2, -0.15) is 0 Å². The second kappa shape index (κ2) is 3.59. The van der Waals surface area contributed by atoms with Gasteiger partial charge in [0, 0.05) is 11.6 Å². The van der Waals surface area contributed by atoms with Crippen LogP contribution in [0, 0.1) is 15.9 Å². The number of hydrogen-bond acceptors (Lipinski definition) is 4. The summed E-state index contributed by atoms with van der Waals surface area (Å²) in [5.41, 5.74) is 4.76. The molecule has 0 saturated carbocycles. The van der Waals surface area contributed by atoms with Gasteiger partial charge in [0.15, 0.2) is 5.75 Å². The molecule has 0 aliphatic rings. The first-order valence-corrected chi connectivity index (χ1v) is 3.86. The number of nitrogens with two attached hydrogens (primary N) is 1. The molecule has 0 aliphatic carbocycles. The average molecular weight is 200 g/mol. The van der Waals surface area contributed by atoms with E-state index in [9.17, 15) is 19.6 Å². The third-order valence-corrected chi connectivity index (χ3v) is 1.77. The maximum atomic E-state index is 12.9. The van der Waals surface area contributed by atoms with E-state index in [2.05, 4.69) is 0 Å². The van der Waals surface area contributed by atoms with E-state index >= 15 is 0 Å². The predicted octanol–water partition coefficient (Wildman–Crippen LogP) is 1.46. The number of rotatable bonds is 2. The summed E-state index contributed by atoms with van der Waals surface area (Å²) in [4.78, 5) is 9.53. The molecule has 1 rings (SSSR count). The summed E-state index contributed by atoms with van der Waals surface area (Å²) in [6, 6.07) is 0.971. The van der Waals surface area contributed by atoms with Gasteiger partial charge in [0.05, 0.1) is 11.0 Å². The van der Waals surface area contributed by atoms with Crippen LogP contribution >= 0.6 is 0 Å². The quantitative estimate of drug-likeness (QED) is 0.558. The molecule has 76 valence electrons. The van der Waals surface area contributed by atoms with Gasteiger partial charge in [-0.3, -0.25) is 10.1 Å². The summed E-state index contributed by atoms with van der Waals surface area (Å²) in [5, 5.41) is 19.8. The van der Waals surface area contributed by atoms with Gasteiger partial charge < -0.3 is 10.8 Å². The number of halogens is 1. The number of aromatic hydroxyl groups is 1. The van der Waals surface area contributed by atoms with E-state index < -0.39 is 28.2 Å². The Morgan fingerprint density at radius 2 is 2.21 bits per heavy atom. The lowest BCUT2D eigenvalue weighted by molar-refractivity contribution is -0.386. The van der Waals surface area contributed by atoms with Crippen molar-refractivity contribution >= 4 is 5.69 Å². The van der Waals surface area contributed by atoms with Gasteiger partial charge >= 0.3 is 5.69 Å². The summed E-state index contributed by atoms with van der Waals surface area (Å²) < 4.78 is 12.9. The van der Waals surface area contributed by atoms with Gasteiger partial charge in [-0.15, -0.1) is 0 Å². The Labute approximate surface area is 79.1 Å². The molecule has 14 heavy (non-hydrogen) atoms. The van der Waals surface area contributed by atoms with E-state index in [-0.39, 0.29) is 5.56 Å². The summed E-state index contributed by atoms with van der Waals surface area (Å²) in [7, 11) is 0. The molecule has 0 aliphatic heterocycles. The van der Waals surface area contributed by atoms with Crippen molar-refractivity contribution in [3.63, 3.8) is 0 Å². The Bertz CT molecular complexity index is 379. The minimum absolute atomic E-state index is 0.0247. The summed E-state index contributed by atoms with van der Waals surface area (Å²) in [6.07, 6.45) is 0. The minimum Gasteiger partial charge on any atom is -0.502 e. The van der Waals surface area contributed by atoms with Crippen molar-refractivity contribution in [1.82, 2.24) is 0 Å². The number of nitrogens with zero attached hydrogens (tertiary/aromatic N) is 1. The molecule has 1 aromatic carbocycles. The molecule has 0 heterocycles. The van der Waals surface area contributed by atoms with Crippen molar-refractivity contribution in [2.45, 2.75) is 13.0 Å².